The van der Waals surface area contributed by atoms with Crippen molar-refractivity contribution >= 4 is 10.1 Å². The zero-order valence-corrected chi connectivity index (χ0v) is 16.5. The standard InChI is InChI=1S/C15H24O3S.K/c1-2-3-4-5-6-7-8-11-14-12-9-10-13-15(14)19(16,17)18;/h9-10,12-13H,2-8,11H2,1H3,(H,16,17,18);/q;+1/p-1. The number of aryl methyl sites for hydroxylation is 1. The van der Waals surface area contributed by atoms with E-state index in [0.717, 1.165) is 12.8 Å². The van der Waals surface area contributed by atoms with Crippen molar-refractivity contribution in [1.82, 2.24) is 0 Å². The molecule has 0 aliphatic carbocycles. The molecule has 1 aromatic carbocycles. The van der Waals surface area contributed by atoms with Crippen LogP contribution in [0, 0.1) is 0 Å². The number of rotatable bonds is 9. The van der Waals surface area contributed by atoms with E-state index >= 15 is 0 Å². The van der Waals surface area contributed by atoms with Crippen LogP contribution in [-0.2, 0) is 16.5 Å². The fourth-order valence-corrected chi connectivity index (χ4v) is 2.96. The van der Waals surface area contributed by atoms with Crippen LogP contribution in [0.25, 0.3) is 0 Å². The van der Waals surface area contributed by atoms with Crippen molar-refractivity contribution in [2.45, 2.75) is 63.2 Å². The molecule has 0 saturated heterocycles. The predicted molar refractivity (Wildman–Crippen MR) is 76.1 cm³/mol. The largest absolute Gasteiger partial charge is 1.00 e. The molecule has 0 aliphatic heterocycles. The van der Waals surface area contributed by atoms with Gasteiger partial charge in [-0.05, 0) is 24.5 Å². The van der Waals surface area contributed by atoms with Gasteiger partial charge in [0.15, 0.2) is 0 Å². The van der Waals surface area contributed by atoms with Gasteiger partial charge in [0.2, 0.25) is 0 Å². The Kier molecular flexibility index (Phi) is 11.8. The van der Waals surface area contributed by atoms with Crippen LogP contribution in [0.2, 0.25) is 0 Å². The van der Waals surface area contributed by atoms with Gasteiger partial charge < -0.3 is 4.55 Å². The smallest absolute Gasteiger partial charge is 0.744 e. The average Bonchev–Trinajstić information content (AvgIpc) is 2.37. The molecule has 0 saturated carbocycles. The van der Waals surface area contributed by atoms with Crippen molar-refractivity contribution in [3.05, 3.63) is 29.8 Å². The molecule has 0 spiro atoms. The molecule has 1 aromatic rings. The second-order valence-electron chi connectivity index (χ2n) is 4.93. The molecule has 0 radical (unpaired) electrons. The fraction of sp³-hybridized carbons (Fsp3) is 0.600. The summed E-state index contributed by atoms with van der Waals surface area (Å²) in [6.45, 7) is 2.19. The van der Waals surface area contributed by atoms with E-state index in [1.54, 1.807) is 18.2 Å². The molecule has 5 heteroatoms. The van der Waals surface area contributed by atoms with Gasteiger partial charge in [0.25, 0.3) is 0 Å². The molecule has 1 rings (SSSR count). The Morgan fingerprint density at radius 2 is 1.50 bits per heavy atom. The Morgan fingerprint density at radius 3 is 2.10 bits per heavy atom. The van der Waals surface area contributed by atoms with Crippen LogP contribution in [0.5, 0.6) is 0 Å². The summed E-state index contributed by atoms with van der Waals surface area (Å²) >= 11 is 0. The third-order valence-corrected chi connectivity index (χ3v) is 4.23. The quantitative estimate of drug-likeness (QED) is 0.385. The molecule has 0 N–H and O–H groups in total. The third-order valence-electron chi connectivity index (χ3n) is 3.29. The van der Waals surface area contributed by atoms with Crippen LogP contribution >= 0.6 is 0 Å². The number of unbranched alkanes of at least 4 members (excludes halogenated alkanes) is 6. The van der Waals surface area contributed by atoms with Crippen LogP contribution in [0.1, 0.15) is 57.4 Å². The van der Waals surface area contributed by atoms with Gasteiger partial charge in [-0.1, -0.05) is 63.6 Å². The summed E-state index contributed by atoms with van der Waals surface area (Å²) in [4.78, 5) is -0.0546. The summed E-state index contributed by atoms with van der Waals surface area (Å²) in [5, 5.41) is 0. The van der Waals surface area contributed by atoms with Gasteiger partial charge in [-0.15, -0.1) is 0 Å². The summed E-state index contributed by atoms with van der Waals surface area (Å²) < 4.78 is 33.3. The van der Waals surface area contributed by atoms with Crippen molar-refractivity contribution in [3.8, 4) is 0 Å². The zero-order valence-electron chi connectivity index (χ0n) is 12.6. The molecule has 0 unspecified atom stereocenters. The molecule has 0 atom stereocenters. The van der Waals surface area contributed by atoms with Crippen LogP contribution < -0.4 is 51.4 Å². The summed E-state index contributed by atoms with van der Waals surface area (Å²) in [7, 11) is -4.34. The van der Waals surface area contributed by atoms with Crippen LogP contribution in [-0.4, -0.2) is 13.0 Å². The average molecular weight is 323 g/mol. The van der Waals surface area contributed by atoms with E-state index in [2.05, 4.69) is 6.92 Å². The molecule has 0 amide bonds. The molecule has 0 aliphatic rings. The normalized spacial score (nSPS) is 11.1. The monoisotopic (exact) mass is 322 g/mol. The van der Waals surface area contributed by atoms with Crippen LogP contribution in [0.4, 0.5) is 0 Å². The Labute approximate surface area is 165 Å². The molecule has 0 fully saturated rings. The Hall–Kier alpha value is 0.766. The zero-order chi connectivity index (χ0) is 14.1. The summed E-state index contributed by atoms with van der Waals surface area (Å²) in [5.41, 5.74) is 0.658. The topological polar surface area (TPSA) is 57.2 Å². The van der Waals surface area contributed by atoms with E-state index < -0.39 is 10.1 Å². The van der Waals surface area contributed by atoms with Gasteiger partial charge in [0.1, 0.15) is 10.1 Å². The Bertz CT molecular complexity index is 472. The first-order chi connectivity index (χ1) is 9.05. The van der Waals surface area contributed by atoms with E-state index in [0.29, 0.717) is 12.0 Å². The van der Waals surface area contributed by atoms with Crippen molar-refractivity contribution < 1.29 is 64.4 Å². The minimum atomic E-state index is -4.34. The van der Waals surface area contributed by atoms with Crippen molar-refractivity contribution in [2.24, 2.45) is 0 Å². The Morgan fingerprint density at radius 1 is 0.950 bits per heavy atom. The minimum absolute atomic E-state index is 0. The van der Waals surface area contributed by atoms with Crippen molar-refractivity contribution in [3.63, 3.8) is 0 Å². The molecular weight excluding hydrogens is 299 g/mol. The van der Waals surface area contributed by atoms with E-state index in [1.807, 2.05) is 0 Å². The van der Waals surface area contributed by atoms with E-state index in [4.69, 9.17) is 0 Å². The molecule has 20 heavy (non-hydrogen) atoms. The van der Waals surface area contributed by atoms with E-state index in [1.165, 1.54) is 38.2 Å². The second-order valence-corrected chi connectivity index (χ2v) is 6.28. The van der Waals surface area contributed by atoms with Crippen LogP contribution in [0.15, 0.2) is 29.2 Å². The first-order valence-electron chi connectivity index (χ1n) is 7.09. The van der Waals surface area contributed by atoms with Gasteiger partial charge in [0.05, 0.1) is 4.90 Å². The number of hydrogen-bond donors (Lipinski definition) is 0. The van der Waals surface area contributed by atoms with Gasteiger partial charge in [-0.25, -0.2) is 8.42 Å². The second kappa shape index (κ2) is 11.3. The first kappa shape index (κ1) is 20.8. The molecular formula is C15H23KO3S. The molecule has 0 aromatic heterocycles. The van der Waals surface area contributed by atoms with Gasteiger partial charge in [0, 0.05) is 0 Å². The SMILES string of the molecule is CCCCCCCCCc1ccccc1S(=O)(=O)[O-].[K+]. The first-order valence-corrected chi connectivity index (χ1v) is 8.50. The summed E-state index contributed by atoms with van der Waals surface area (Å²) in [6, 6.07) is 6.52. The van der Waals surface area contributed by atoms with Crippen molar-refractivity contribution in [2.75, 3.05) is 0 Å². The minimum Gasteiger partial charge on any atom is -0.744 e. The van der Waals surface area contributed by atoms with E-state index in [-0.39, 0.29) is 56.3 Å². The number of benzene rings is 1. The summed E-state index contributed by atoms with van der Waals surface area (Å²) in [6.07, 6.45) is 8.96. The summed E-state index contributed by atoms with van der Waals surface area (Å²) in [5.74, 6) is 0. The fourth-order valence-electron chi connectivity index (χ4n) is 2.23. The van der Waals surface area contributed by atoms with Gasteiger partial charge >= 0.3 is 51.4 Å². The maximum absolute atomic E-state index is 11.1. The van der Waals surface area contributed by atoms with E-state index in [9.17, 15) is 13.0 Å². The third kappa shape index (κ3) is 8.27. The number of hydrogen-bond acceptors (Lipinski definition) is 3. The molecule has 108 valence electrons. The Balaban J connectivity index is 0.00000361. The van der Waals surface area contributed by atoms with Crippen LogP contribution in [0.3, 0.4) is 0 Å². The molecule has 0 heterocycles. The van der Waals surface area contributed by atoms with Gasteiger partial charge in [-0.2, -0.15) is 0 Å². The maximum Gasteiger partial charge on any atom is 1.00 e. The maximum atomic E-state index is 11.1. The molecule has 0 bridgehead atoms. The van der Waals surface area contributed by atoms with Crippen molar-refractivity contribution in [1.29, 1.82) is 0 Å². The molecule has 3 nitrogen and oxygen atoms in total. The predicted octanol–water partition coefficient (Wildman–Crippen LogP) is 0.888. The van der Waals surface area contributed by atoms with Gasteiger partial charge in [-0.3, -0.25) is 0 Å².